The number of sulfone groups is 1. The van der Waals surface area contributed by atoms with Crippen molar-refractivity contribution < 1.29 is 13.2 Å². The quantitative estimate of drug-likeness (QED) is 0.854. The predicted octanol–water partition coefficient (Wildman–Crippen LogP) is 1.72. The fraction of sp³-hybridized carbons (Fsp3) is 0.500. The predicted molar refractivity (Wildman–Crippen MR) is 74.3 cm³/mol. The van der Waals surface area contributed by atoms with Gasteiger partial charge in [0.15, 0.2) is 15.6 Å². The summed E-state index contributed by atoms with van der Waals surface area (Å²) < 4.78 is 24.2. The van der Waals surface area contributed by atoms with Crippen molar-refractivity contribution >= 4 is 15.6 Å². The Morgan fingerprint density at radius 2 is 2.16 bits per heavy atom. The van der Waals surface area contributed by atoms with Gasteiger partial charge in [0.2, 0.25) is 0 Å². The maximum Gasteiger partial charge on any atom is 0.181 e. The third-order valence-electron chi connectivity index (χ3n) is 3.49. The largest absolute Gasteiger partial charge is 0.307 e. The molecule has 1 heterocycles. The Morgan fingerprint density at radius 1 is 1.42 bits per heavy atom. The van der Waals surface area contributed by atoms with E-state index in [1.165, 1.54) is 0 Å². The Kier molecular flexibility index (Phi) is 4.06. The van der Waals surface area contributed by atoms with Gasteiger partial charge in [-0.25, -0.2) is 8.42 Å². The summed E-state index contributed by atoms with van der Waals surface area (Å²) in [5.74, 6) is -0.0951. The zero-order valence-electron chi connectivity index (χ0n) is 11.3. The van der Waals surface area contributed by atoms with Crippen LogP contribution < -0.4 is 5.32 Å². The van der Waals surface area contributed by atoms with Crippen molar-refractivity contribution in [1.82, 2.24) is 5.32 Å². The number of Topliss-reactive ketones (excluding diaryl/α,β-unsaturated/α-hetero) is 1. The van der Waals surface area contributed by atoms with E-state index in [-0.39, 0.29) is 22.5 Å². The molecule has 1 aromatic carbocycles. The van der Waals surface area contributed by atoms with Crippen LogP contribution in [-0.4, -0.2) is 32.5 Å². The second kappa shape index (κ2) is 5.43. The molecule has 1 fully saturated rings. The summed E-state index contributed by atoms with van der Waals surface area (Å²) in [7, 11) is -3.37. The van der Waals surface area contributed by atoms with Crippen LogP contribution in [0.2, 0.25) is 0 Å². The highest BCUT2D eigenvalue weighted by Crippen LogP contribution is 2.22. The lowest BCUT2D eigenvalue weighted by Crippen LogP contribution is -2.31. The molecule has 2 rings (SSSR count). The number of hydrogen-bond donors (Lipinski definition) is 1. The maximum absolute atomic E-state index is 12.5. The fourth-order valence-corrected chi connectivity index (χ4v) is 3.44. The molecule has 0 bridgehead atoms. The molecule has 0 saturated carbocycles. The second-order valence-electron chi connectivity index (χ2n) is 4.92. The van der Waals surface area contributed by atoms with E-state index >= 15 is 0 Å². The Morgan fingerprint density at radius 3 is 2.74 bits per heavy atom. The van der Waals surface area contributed by atoms with Gasteiger partial charge in [0.25, 0.3) is 0 Å². The highest BCUT2D eigenvalue weighted by molar-refractivity contribution is 7.91. The minimum absolute atomic E-state index is 0.00837. The molecular weight excluding hydrogens is 262 g/mol. The van der Waals surface area contributed by atoms with Crippen molar-refractivity contribution in [2.45, 2.75) is 37.6 Å². The molecule has 104 valence electrons. The van der Waals surface area contributed by atoms with Gasteiger partial charge in [-0.15, -0.1) is 0 Å². The molecule has 0 spiro atoms. The van der Waals surface area contributed by atoms with Crippen LogP contribution in [0.5, 0.6) is 0 Å². The number of rotatable bonds is 4. The molecular formula is C14H19NO3S. The zero-order valence-corrected chi connectivity index (χ0v) is 12.1. The smallest absolute Gasteiger partial charge is 0.181 e. The lowest BCUT2D eigenvalue weighted by atomic mass is 10.0. The number of benzene rings is 1. The Balaban J connectivity index is 2.48. The van der Waals surface area contributed by atoms with Crippen LogP contribution in [0.4, 0.5) is 0 Å². The third-order valence-corrected chi connectivity index (χ3v) is 5.28. The zero-order chi connectivity index (χ0) is 14.0. The Hall–Kier alpha value is -1.20. The van der Waals surface area contributed by atoms with Gasteiger partial charge < -0.3 is 5.32 Å². The van der Waals surface area contributed by atoms with E-state index in [2.05, 4.69) is 5.32 Å². The van der Waals surface area contributed by atoms with Crippen molar-refractivity contribution in [2.24, 2.45) is 0 Å². The van der Waals surface area contributed by atoms with Gasteiger partial charge in [-0.05, 0) is 38.4 Å². The first-order chi connectivity index (χ1) is 8.95. The Bertz CT molecular complexity index is 587. The lowest BCUT2D eigenvalue weighted by Gasteiger charge is -2.13. The molecule has 4 nitrogen and oxygen atoms in total. The summed E-state index contributed by atoms with van der Waals surface area (Å²) >= 11 is 0. The van der Waals surface area contributed by atoms with Gasteiger partial charge >= 0.3 is 0 Å². The van der Waals surface area contributed by atoms with Crippen molar-refractivity contribution in [1.29, 1.82) is 0 Å². The molecule has 0 amide bonds. The Labute approximate surface area is 114 Å². The van der Waals surface area contributed by atoms with Gasteiger partial charge in [-0.3, -0.25) is 4.79 Å². The van der Waals surface area contributed by atoms with Crippen LogP contribution in [0.3, 0.4) is 0 Å². The highest BCUT2D eigenvalue weighted by Gasteiger charge is 2.28. The molecule has 1 aliphatic heterocycles. The molecule has 1 aliphatic rings. The van der Waals surface area contributed by atoms with Crippen molar-refractivity contribution in [3.8, 4) is 0 Å². The van der Waals surface area contributed by atoms with E-state index in [1.54, 1.807) is 25.1 Å². The lowest BCUT2D eigenvalue weighted by molar-refractivity contribution is 0.0949. The van der Waals surface area contributed by atoms with Gasteiger partial charge in [-0.1, -0.05) is 18.6 Å². The van der Waals surface area contributed by atoms with Crippen molar-refractivity contribution in [3.05, 3.63) is 29.3 Å². The number of ketones is 1. The van der Waals surface area contributed by atoms with E-state index in [0.717, 1.165) is 24.9 Å². The van der Waals surface area contributed by atoms with Crippen LogP contribution in [0.1, 0.15) is 35.7 Å². The van der Waals surface area contributed by atoms with Gasteiger partial charge in [0.05, 0.1) is 16.7 Å². The van der Waals surface area contributed by atoms with Crippen LogP contribution in [-0.2, 0) is 9.84 Å². The monoisotopic (exact) mass is 281 g/mol. The SMILES string of the molecule is CCS(=O)(=O)c1ccc(C)cc1C(=O)C1CCCN1. The minimum atomic E-state index is -3.37. The van der Waals surface area contributed by atoms with Crippen molar-refractivity contribution in [2.75, 3.05) is 12.3 Å². The topological polar surface area (TPSA) is 63.2 Å². The van der Waals surface area contributed by atoms with Gasteiger partial charge in [0, 0.05) is 5.56 Å². The number of nitrogens with one attached hydrogen (secondary N) is 1. The summed E-state index contributed by atoms with van der Waals surface area (Å²) in [5.41, 5.74) is 1.23. The average Bonchev–Trinajstić information content (AvgIpc) is 2.91. The summed E-state index contributed by atoms with van der Waals surface area (Å²) in [5, 5.41) is 3.13. The van der Waals surface area contributed by atoms with E-state index in [1.807, 2.05) is 6.92 Å². The normalized spacial score (nSPS) is 19.6. The molecule has 1 saturated heterocycles. The van der Waals surface area contributed by atoms with E-state index in [9.17, 15) is 13.2 Å². The van der Waals surface area contributed by atoms with Gasteiger partial charge in [-0.2, -0.15) is 0 Å². The molecule has 0 radical (unpaired) electrons. The third kappa shape index (κ3) is 2.87. The molecule has 5 heteroatoms. The van der Waals surface area contributed by atoms with Gasteiger partial charge in [0.1, 0.15) is 0 Å². The van der Waals surface area contributed by atoms with Crippen LogP contribution in [0.15, 0.2) is 23.1 Å². The number of aryl methyl sites for hydroxylation is 1. The first kappa shape index (κ1) is 14.2. The molecule has 1 aromatic rings. The summed E-state index contributed by atoms with van der Waals surface area (Å²) in [6, 6.07) is 4.73. The van der Waals surface area contributed by atoms with E-state index in [4.69, 9.17) is 0 Å². The van der Waals surface area contributed by atoms with Crippen molar-refractivity contribution in [3.63, 3.8) is 0 Å². The second-order valence-corrected chi connectivity index (χ2v) is 7.16. The molecule has 0 aliphatic carbocycles. The number of hydrogen-bond acceptors (Lipinski definition) is 4. The summed E-state index contributed by atoms with van der Waals surface area (Å²) in [6.45, 7) is 4.27. The van der Waals surface area contributed by atoms with E-state index in [0.29, 0.717) is 5.56 Å². The summed E-state index contributed by atoms with van der Waals surface area (Å²) in [4.78, 5) is 12.6. The molecule has 1 atom stereocenters. The van der Waals surface area contributed by atoms with E-state index < -0.39 is 9.84 Å². The molecule has 19 heavy (non-hydrogen) atoms. The standard InChI is InChI=1S/C14H19NO3S/c1-3-19(17,18)13-7-6-10(2)9-11(13)14(16)12-5-4-8-15-12/h6-7,9,12,15H,3-5,8H2,1-2H3. The van der Waals surface area contributed by atoms with Crippen LogP contribution in [0.25, 0.3) is 0 Å². The average molecular weight is 281 g/mol. The van der Waals surface area contributed by atoms with Crippen LogP contribution in [0, 0.1) is 6.92 Å². The first-order valence-electron chi connectivity index (χ1n) is 6.56. The minimum Gasteiger partial charge on any atom is -0.307 e. The molecule has 0 aromatic heterocycles. The molecule has 1 N–H and O–H groups in total. The number of carbonyl (C=O) groups excluding carboxylic acids is 1. The number of carbonyl (C=O) groups is 1. The molecule has 1 unspecified atom stereocenters. The van der Waals surface area contributed by atoms with Crippen LogP contribution >= 0.6 is 0 Å². The fourth-order valence-electron chi connectivity index (χ4n) is 2.36. The highest BCUT2D eigenvalue weighted by atomic mass is 32.2. The maximum atomic E-state index is 12.5. The first-order valence-corrected chi connectivity index (χ1v) is 8.22. The summed E-state index contributed by atoms with van der Waals surface area (Å²) in [6.07, 6.45) is 1.73.